The van der Waals surface area contributed by atoms with Gasteiger partial charge in [-0.15, -0.1) is 5.10 Å². The van der Waals surface area contributed by atoms with Gasteiger partial charge in [-0.25, -0.2) is 9.48 Å². The summed E-state index contributed by atoms with van der Waals surface area (Å²) in [5.41, 5.74) is 1.07. The third-order valence-corrected chi connectivity index (χ3v) is 3.57. The predicted molar refractivity (Wildman–Crippen MR) is 75.0 cm³/mol. The lowest BCUT2D eigenvalue weighted by molar-refractivity contribution is 0.659. The molecule has 0 amide bonds. The van der Waals surface area contributed by atoms with Crippen molar-refractivity contribution in [2.75, 3.05) is 0 Å². The monoisotopic (exact) mass is 293 g/mol. The summed E-state index contributed by atoms with van der Waals surface area (Å²) in [5, 5.41) is 5.29. The van der Waals surface area contributed by atoms with E-state index in [4.69, 9.17) is 23.2 Å². The second kappa shape index (κ2) is 4.72. The minimum Gasteiger partial charge on any atom is -0.250 e. The molecule has 0 spiro atoms. The van der Waals surface area contributed by atoms with Gasteiger partial charge in [-0.1, -0.05) is 35.3 Å². The maximum Gasteiger partial charge on any atom is 0.350 e. The fourth-order valence-electron chi connectivity index (χ4n) is 1.90. The van der Waals surface area contributed by atoms with Gasteiger partial charge < -0.3 is 0 Å². The van der Waals surface area contributed by atoms with E-state index in [1.807, 2.05) is 6.07 Å². The smallest absolute Gasteiger partial charge is 0.250 e. The van der Waals surface area contributed by atoms with Crippen molar-refractivity contribution >= 4 is 28.8 Å². The molecule has 0 saturated heterocycles. The van der Waals surface area contributed by atoms with Gasteiger partial charge in [0.2, 0.25) is 0 Å². The van der Waals surface area contributed by atoms with Crippen LogP contribution in [0.15, 0.2) is 47.4 Å². The maximum atomic E-state index is 12.1. The highest BCUT2D eigenvalue weighted by atomic mass is 35.5. The first-order valence-electron chi connectivity index (χ1n) is 5.64. The molecule has 0 unspecified atom stereocenters. The molecule has 3 aromatic rings. The number of rotatable bonds is 2. The van der Waals surface area contributed by atoms with E-state index >= 15 is 0 Å². The van der Waals surface area contributed by atoms with E-state index in [0.29, 0.717) is 21.3 Å². The minimum absolute atomic E-state index is 0.216. The Bertz CT molecular complexity index is 787. The number of benzene rings is 1. The molecule has 0 aliphatic heterocycles. The fraction of sp³-hybridized carbons (Fsp3) is 0.0769. The second-order valence-corrected chi connectivity index (χ2v) is 4.88. The van der Waals surface area contributed by atoms with Gasteiger partial charge in [-0.3, -0.25) is 4.40 Å². The molecule has 0 aliphatic carbocycles. The van der Waals surface area contributed by atoms with Crippen molar-refractivity contribution in [3.8, 4) is 0 Å². The average Bonchev–Trinajstić information content (AvgIpc) is 2.72. The Hall–Kier alpha value is -1.78. The fourth-order valence-corrected chi connectivity index (χ4v) is 2.42. The van der Waals surface area contributed by atoms with Crippen LogP contribution in [0.2, 0.25) is 10.0 Å². The molecular formula is C13H9Cl2N3O. The van der Waals surface area contributed by atoms with Crippen molar-refractivity contribution in [1.82, 2.24) is 14.2 Å². The van der Waals surface area contributed by atoms with Crippen LogP contribution in [0.1, 0.15) is 5.56 Å². The van der Waals surface area contributed by atoms with Crippen molar-refractivity contribution in [1.29, 1.82) is 0 Å². The molecule has 4 nitrogen and oxygen atoms in total. The van der Waals surface area contributed by atoms with E-state index in [1.54, 1.807) is 36.5 Å². The Morgan fingerprint density at radius 1 is 1.05 bits per heavy atom. The van der Waals surface area contributed by atoms with Gasteiger partial charge in [0.1, 0.15) is 0 Å². The molecule has 0 radical (unpaired) electrons. The summed E-state index contributed by atoms with van der Waals surface area (Å²) in [6, 6.07) is 10.6. The normalized spacial score (nSPS) is 11.1. The van der Waals surface area contributed by atoms with Gasteiger partial charge >= 0.3 is 5.69 Å². The zero-order valence-corrected chi connectivity index (χ0v) is 11.3. The molecule has 6 heteroatoms. The highest BCUT2D eigenvalue weighted by Gasteiger charge is 2.11. The summed E-state index contributed by atoms with van der Waals surface area (Å²) in [5.74, 6) is 0. The lowest BCUT2D eigenvalue weighted by Gasteiger charge is -2.05. The highest BCUT2D eigenvalue weighted by molar-refractivity contribution is 6.35. The molecular weight excluding hydrogens is 285 g/mol. The number of nitrogens with zero attached hydrogens (tertiary/aromatic N) is 3. The molecule has 3 rings (SSSR count). The van der Waals surface area contributed by atoms with Crippen molar-refractivity contribution in [2.45, 2.75) is 6.54 Å². The maximum absolute atomic E-state index is 12.1. The van der Waals surface area contributed by atoms with Crippen LogP contribution in [0.4, 0.5) is 0 Å². The predicted octanol–water partition coefficient (Wildman–Crippen LogP) is 2.85. The summed E-state index contributed by atoms with van der Waals surface area (Å²) in [4.78, 5) is 12.1. The topological polar surface area (TPSA) is 39.3 Å². The molecule has 19 heavy (non-hydrogen) atoms. The van der Waals surface area contributed by atoms with Gasteiger partial charge in [-0.05, 0) is 24.3 Å². The average molecular weight is 294 g/mol. The molecule has 1 aromatic carbocycles. The lowest BCUT2D eigenvalue weighted by Crippen LogP contribution is -2.21. The molecule has 2 heterocycles. The van der Waals surface area contributed by atoms with E-state index in [9.17, 15) is 4.79 Å². The molecule has 0 aliphatic rings. The molecule has 0 fully saturated rings. The first-order valence-corrected chi connectivity index (χ1v) is 6.39. The van der Waals surface area contributed by atoms with Crippen LogP contribution >= 0.6 is 23.2 Å². The quantitative estimate of drug-likeness (QED) is 0.729. The lowest BCUT2D eigenvalue weighted by atomic mass is 10.2. The summed E-state index contributed by atoms with van der Waals surface area (Å²) >= 11 is 12.2. The molecule has 0 atom stereocenters. The largest absolute Gasteiger partial charge is 0.350 e. The minimum atomic E-state index is -0.216. The SMILES string of the molecule is O=c1n(Cc2c(Cl)cccc2Cl)nc2ccccn12. The van der Waals surface area contributed by atoms with E-state index < -0.39 is 0 Å². The molecule has 2 aromatic heterocycles. The number of hydrogen-bond donors (Lipinski definition) is 0. The third-order valence-electron chi connectivity index (χ3n) is 2.86. The van der Waals surface area contributed by atoms with Gasteiger partial charge in [-0.2, -0.15) is 0 Å². The van der Waals surface area contributed by atoms with Gasteiger partial charge in [0.05, 0.1) is 6.54 Å². The van der Waals surface area contributed by atoms with Crippen molar-refractivity contribution in [3.63, 3.8) is 0 Å². The first-order chi connectivity index (χ1) is 9.16. The second-order valence-electron chi connectivity index (χ2n) is 4.07. The summed E-state index contributed by atoms with van der Waals surface area (Å²) in [6.07, 6.45) is 1.68. The number of halogens is 2. The van der Waals surface area contributed by atoms with Gasteiger partial charge in [0.15, 0.2) is 5.65 Å². The number of hydrogen-bond acceptors (Lipinski definition) is 2. The van der Waals surface area contributed by atoms with E-state index in [0.717, 1.165) is 0 Å². The van der Waals surface area contributed by atoms with Crippen LogP contribution in [0, 0.1) is 0 Å². The molecule has 0 bridgehead atoms. The van der Waals surface area contributed by atoms with E-state index in [2.05, 4.69) is 5.10 Å². The Balaban J connectivity index is 2.11. The molecule has 0 N–H and O–H groups in total. The van der Waals surface area contributed by atoms with Crippen LogP contribution in [0.5, 0.6) is 0 Å². The Morgan fingerprint density at radius 2 is 1.79 bits per heavy atom. The highest BCUT2D eigenvalue weighted by Crippen LogP contribution is 2.24. The Labute approximate surface area is 118 Å². The van der Waals surface area contributed by atoms with Crippen LogP contribution in [0.25, 0.3) is 5.65 Å². The van der Waals surface area contributed by atoms with Crippen LogP contribution < -0.4 is 5.69 Å². The molecule has 96 valence electrons. The standard InChI is InChI=1S/C13H9Cl2N3O/c14-10-4-3-5-11(15)9(10)8-18-13(19)17-7-2-1-6-12(17)16-18/h1-7H,8H2. The van der Waals surface area contributed by atoms with Crippen LogP contribution in [0.3, 0.4) is 0 Å². The summed E-state index contributed by atoms with van der Waals surface area (Å²) in [6.45, 7) is 0.249. The number of fused-ring (bicyclic) bond motifs is 1. The zero-order valence-electron chi connectivity index (χ0n) is 9.75. The van der Waals surface area contributed by atoms with Gasteiger partial charge in [0, 0.05) is 21.8 Å². The Morgan fingerprint density at radius 3 is 2.47 bits per heavy atom. The number of pyridine rings is 1. The molecule has 0 saturated carbocycles. The van der Waals surface area contributed by atoms with Crippen molar-refractivity contribution < 1.29 is 0 Å². The van der Waals surface area contributed by atoms with Gasteiger partial charge in [0.25, 0.3) is 0 Å². The van der Waals surface area contributed by atoms with Crippen LogP contribution in [-0.2, 0) is 6.54 Å². The van der Waals surface area contributed by atoms with E-state index in [1.165, 1.54) is 9.08 Å². The summed E-state index contributed by atoms with van der Waals surface area (Å²) < 4.78 is 2.83. The van der Waals surface area contributed by atoms with Crippen LogP contribution in [-0.4, -0.2) is 14.2 Å². The first kappa shape index (κ1) is 12.3. The van der Waals surface area contributed by atoms with Crippen molar-refractivity contribution in [2.24, 2.45) is 0 Å². The van der Waals surface area contributed by atoms with E-state index in [-0.39, 0.29) is 12.2 Å². The number of aromatic nitrogens is 3. The zero-order chi connectivity index (χ0) is 13.4. The third kappa shape index (κ3) is 2.13. The Kier molecular flexibility index (Phi) is 3.05. The van der Waals surface area contributed by atoms with Crippen molar-refractivity contribution in [3.05, 3.63) is 68.7 Å². The summed E-state index contributed by atoms with van der Waals surface area (Å²) in [7, 11) is 0.